The lowest BCUT2D eigenvalue weighted by atomic mass is 10.1. The first-order chi connectivity index (χ1) is 9.23. The Morgan fingerprint density at radius 1 is 1.40 bits per heavy atom. The highest BCUT2D eigenvalue weighted by molar-refractivity contribution is 7.27. The maximum Gasteiger partial charge on any atom is 0.410 e. The first kappa shape index (κ1) is 15.0. The van der Waals surface area contributed by atoms with Gasteiger partial charge in [-0.15, -0.1) is 9.24 Å². The number of amides is 1. The van der Waals surface area contributed by atoms with E-state index in [0.29, 0.717) is 13.1 Å². The Bertz CT molecular complexity index is 490. The van der Waals surface area contributed by atoms with Gasteiger partial charge in [0.1, 0.15) is 11.4 Å². The normalized spacial score (nSPS) is 15.8. The van der Waals surface area contributed by atoms with Gasteiger partial charge in [0, 0.05) is 18.8 Å². The van der Waals surface area contributed by atoms with E-state index in [4.69, 9.17) is 4.74 Å². The molecule has 1 aromatic rings. The molecule has 1 N–H and O–H groups in total. The van der Waals surface area contributed by atoms with Crippen LogP contribution in [-0.4, -0.2) is 35.7 Å². The topological polar surface area (TPSA) is 41.6 Å². The summed E-state index contributed by atoms with van der Waals surface area (Å²) in [5.74, 6) is -0.275. The van der Waals surface area contributed by atoms with E-state index in [0.717, 1.165) is 11.0 Å². The van der Waals surface area contributed by atoms with E-state index in [2.05, 4.69) is 14.6 Å². The number of likely N-dealkylation sites (tertiary alicyclic amines) is 1. The largest absolute Gasteiger partial charge is 0.444 e. The molecule has 1 aliphatic heterocycles. The zero-order chi connectivity index (χ0) is 14.9. The van der Waals surface area contributed by atoms with E-state index in [1.165, 1.54) is 12.1 Å². The van der Waals surface area contributed by atoms with Crippen LogP contribution in [-0.2, 0) is 4.74 Å². The summed E-state index contributed by atoms with van der Waals surface area (Å²) in [6.45, 7) is 6.66. The van der Waals surface area contributed by atoms with Gasteiger partial charge in [-0.25, -0.2) is 9.18 Å². The Morgan fingerprint density at radius 2 is 2.05 bits per heavy atom. The molecule has 1 amide bonds. The van der Waals surface area contributed by atoms with E-state index in [9.17, 15) is 9.18 Å². The van der Waals surface area contributed by atoms with Crippen molar-refractivity contribution in [3.8, 4) is 0 Å². The van der Waals surface area contributed by atoms with Gasteiger partial charge in [0.2, 0.25) is 0 Å². The van der Waals surface area contributed by atoms with Crippen LogP contribution in [0.4, 0.5) is 14.9 Å². The number of ether oxygens (including phenoxy) is 1. The van der Waals surface area contributed by atoms with Crippen LogP contribution >= 0.6 is 9.24 Å². The fourth-order valence-corrected chi connectivity index (χ4v) is 2.32. The highest BCUT2D eigenvalue weighted by Gasteiger charge is 2.33. The van der Waals surface area contributed by atoms with Crippen molar-refractivity contribution < 1.29 is 13.9 Å². The Hall–Kier alpha value is -1.35. The SMILES string of the molecule is CC(C)(C)OC(=O)N1CC(Nc2cc(F)cc(P)c2)C1. The fourth-order valence-electron chi connectivity index (χ4n) is 1.98. The molecule has 0 aromatic heterocycles. The summed E-state index contributed by atoms with van der Waals surface area (Å²) in [4.78, 5) is 13.4. The Balaban J connectivity index is 1.83. The lowest BCUT2D eigenvalue weighted by Gasteiger charge is -2.40. The van der Waals surface area contributed by atoms with Crippen LogP contribution in [0.3, 0.4) is 0 Å². The first-order valence-electron chi connectivity index (χ1n) is 6.53. The van der Waals surface area contributed by atoms with Gasteiger partial charge in [0.25, 0.3) is 0 Å². The van der Waals surface area contributed by atoms with E-state index >= 15 is 0 Å². The zero-order valence-corrected chi connectivity index (χ0v) is 13.1. The molecule has 110 valence electrons. The fraction of sp³-hybridized carbons (Fsp3) is 0.500. The second-order valence-corrected chi connectivity index (χ2v) is 6.67. The van der Waals surface area contributed by atoms with Crippen molar-refractivity contribution in [2.24, 2.45) is 0 Å². The standard InChI is InChI=1S/C14H20FN2O2P/c1-14(2,3)19-13(18)17-7-11(8-17)16-10-4-9(15)5-12(20)6-10/h4-6,11,16H,7-8,20H2,1-3H3. The Labute approximate surface area is 120 Å². The van der Waals surface area contributed by atoms with Gasteiger partial charge in [0.15, 0.2) is 0 Å². The number of hydrogen-bond donors (Lipinski definition) is 1. The number of carbonyl (C=O) groups is 1. The maximum absolute atomic E-state index is 13.3. The number of rotatable bonds is 2. The van der Waals surface area contributed by atoms with Crippen LogP contribution < -0.4 is 10.6 Å². The van der Waals surface area contributed by atoms with E-state index in [1.807, 2.05) is 26.8 Å². The maximum atomic E-state index is 13.3. The van der Waals surface area contributed by atoms with Crippen molar-refractivity contribution in [3.05, 3.63) is 24.0 Å². The Kier molecular flexibility index (Phi) is 4.19. The van der Waals surface area contributed by atoms with Crippen molar-refractivity contribution in [2.75, 3.05) is 18.4 Å². The molecule has 0 spiro atoms. The van der Waals surface area contributed by atoms with Crippen LogP contribution in [0.25, 0.3) is 0 Å². The van der Waals surface area contributed by atoms with Crippen LogP contribution in [0.15, 0.2) is 18.2 Å². The van der Waals surface area contributed by atoms with Crippen LogP contribution in [0.1, 0.15) is 20.8 Å². The summed E-state index contributed by atoms with van der Waals surface area (Å²) in [5.41, 5.74) is 0.246. The van der Waals surface area contributed by atoms with Gasteiger partial charge < -0.3 is 15.0 Å². The zero-order valence-electron chi connectivity index (χ0n) is 11.9. The molecule has 0 radical (unpaired) electrons. The summed E-state index contributed by atoms with van der Waals surface area (Å²) in [6, 6.07) is 4.88. The molecule has 1 heterocycles. The van der Waals surface area contributed by atoms with Crippen LogP contribution in [0.2, 0.25) is 0 Å². The lowest BCUT2D eigenvalue weighted by Crippen LogP contribution is -2.57. The smallest absolute Gasteiger partial charge is 0.410 e. The molecule has 1 unspecified atom stereocenters. The monoisotopic (exact) mass is 298 g/mol. The second-order valence-electron chi connectivity index (χ2n) is 6.00. The highest BCUT2D eigenvalue weighted by Crippen LogP contribution is 2.19. The quantitative estimate of drug-likeness (QED) is 0.852. The summed E-state index contributed by atoms with van der Waals surface area (Å²) < 4.78 is 18.5. The molecule has 1 atom stereocenters. The molecule has 1 aromatic carbocycles. The number of anilines is 1. The molecule has 1 saturated heterocycles. The lowest BCUT2D eigenvalue weighted by molar-refractivity contribution is 0.0105. The van der Waals surface area contributed by atoms with Crippen LogP contribution in [0, 0.1) is 5.82 Å². The summed E-state index contributed by atoms with van der Waals surface area (Å²) in [5, 5.41) is 3.99. The average molecular weight is 298 g/mol. The molecular weight excluding hydrogens is 278 g/mol. The summed E-state index contributed by atoms with van der Waals surface area (Å²) >= 11 is 0. The van der Waals surface area contributed by atoms with Gasteiger partial charge in [-0.3, -0.25) is 0 Å². The van der Waals surface area contributed by atoms with Gasteiger partial charge in [0.05, 0.1) is 6.04 Å². The third-order valence-corrected chi connectivity index (χ3v) is 3.16. The number of benzene rings is 1. The van der Waals surface area contributed by atoms with Crippen molar-refractivity contribution in [1.82, 2.24) is 4.90 Å². The summed E-state index contributed by atoms with van der Waals surface area (Å²) in [6.07, 6.45) is -0.304. The van der Waals surface area contributed by atoms with Gasteiger partial charge in [-0.05, 0) is 44.3 Å². The minimum atomic E-state index is -0.480. The molecule has 6 heteroatoms. The molecule has 1 fully saturated rings. The van der Waals surface area contributed by atoms with Crippen molar-refractivity contribution in [1.29, 1.82) is 0 Å². The van der Waals surface area contributed by atoms with Crippen molar-refractivity contribution in [2.45, 2.75) is 32.4 Å². The Morgan fingerprint density at radius 3 is 2.60 bits per heavy atom. The molecule has 1 aliphatic rings. The van der Waals surface area contributed by atoms with E-state index < -0.39 is 5.60 Å². The molecule has 0 saturated carbocycles. The predicted molar refractivity (Wildman–Crippen MR) is 81.0 cm³/mol. The minimum Gasteiger partial charge on any atom is -0.444 e. The van der Waals surface area contributed by atoms with E-state index in [-0.39, 0.29) is 18.0 Å². The molecule has 20 heavy (non-hydrogen) atoms. The number of nitrogens with one attached hydrogen (secondary N) is 1. The molecule has 0 bridgehead atoms. The molecule has 0 aliphatic carbocycles. The van der Waals surface area contributed by atoms with Crippen molar-refractivity contribution >= 4 is 26.3 Å². The minimum absolute atomic E-state index is 0.133. The van der Waals surface area contributed by atoms with Gasteiger partial charge >= 0.3 is 6.09 Å². The number of carbonyl (C=O) groups excluding carboxylic acids is 1. The molecule has 2 rings (SSSR count). The first-order valence-corrected chi connectivity index (χ1v) is 7.11. The molecule has 4 nitrogen and oxygen atoms in total. The van der Waals surface area contributed by atoms with Gasteiger partial charge in [-0.2, -0.15) is 0 Å². The highest BCUT2D eigenvalue weighted by atomic mass is 31.0. The van der Waals surface area contributed by atoms with Gasteiger partial charge in [-0.1, -0.05) is 0 Å². The van der Waals surface area contributed by atoms with Crippen molar-refractivity contribution in [3.63, 3.8) is 0 Å². The second kappa shape index (κ2) is 5.57. The average Bonchev–Trinajstić information content (AvgIpc) is 2.18. The van der Waals surface area contributed by atoms with Crippen LogP contribution in [0.5, 0.6) is 0 Å². The number of halogens is 1. The third kappa shape index (κ3) is 4.07. The predicted octanol–water partition coefficient (Wildman–Crippen LogP) is 2.36. The molecular formula is C14H20FN2O2P. The van der Waals surface area contributed by atoms with E-state index in [1.54, 1.807) is 4.90 Å². The number of nitrogens with zero attached hydrogens (tertiary/aromatic N) is 1. The summed E-state index contributed by atoms with van der Waals surface area (Å²) in [7, 11) is 2.47. The third-order valence-electron chi connectivity index (χ3n) is 2.82. The number of hydrogen-bond acceptors (Lipinski definition) is 3.